The maximum atomic E-state index is 10.9. The third kappa shape index (κ3) is 4.92. The van der Waals surface area contributed by atoms with Crippen LogP contribution in [0.2, 0.25) is 19.1 Å². The van der Waals surface area contributed by atoms with Crippen LogP contribution in [-0.2, 0) is 11.2 Å². The van der Waals surface area contributed by atoms with Gasteiger partial charge in [0.15, 0.2) is 11.5 Å². The molecule has 0 bridgehead atoms. The first-order chi connectivity index (χ1) is 8.52. The summed E-state index contributed by atoms with van der Waals surface area (Å²) in [5.74, 6) is 0.795. The van der Waals surface area contributed by atoms with Crippen LogP contribution in [0.1, 0.15) is 18.9 Å². The topological polar surface area (TPSA) is 35.5 Å². The Kier molecular flexibility index (Phi) is 5.91. The summed E-state index contributed by atoms with van der Waals surface area (Å²) in [5.41, 5.74) is 1.23. The highest BCUT2D eigenvalue weighted by molar-refractivity contribution is 6.55. The van der Waals surface area contributed by atoms with Gasteiger partial charge in [-0.05, 0) is 24.1 Å². The van der Waals surface area contributed by atoms with Gasteiger partial charge in [0.05, 0.1) is 7.11 Å². The monoisotopic (exact) mass is 266 g/mol. The Morgan fingerprint density at radius 2 is 2.00 bits per heavy atom. The van der Waals surface area contributed by atoms with E-state index in [1.807, 2.05) is 18.2 Å². The van der Waals surface area contributed by atoms with Crippen LogP contribution in [0, 0.1) is 0 Å². The molecule has 0 fully saturated rings. The summed E-state index contributed by atoms with van der Waals surface area (Å²) >= 11 is 0. The van der Waals surface area contributed by atoms with Crippen molar-refractivity contribution >= 4 is 14.8 Å². The van der Waals surface area contributed by atoms with Crippen molar-refractivity contribution < 1.29 is 14.3 Å². The molecule has 0 unspecified atom stereocenters. The number of carbonyl (C=O) groups is 1. The Morgan fingerprint density at radius 3 is 2.56 bits per heavy atom. The molecule has 0 amide bonds. The van der Waals surface area contributed by atoms with Crippen molar-refractivity contribution in [2.75, 3.05) is 7.11 Å². The van der Waals surface area contributed by atoms with E-state index in [2.05, 4.69) is 13.1 Å². The van der Waals surface area contributed by atoms with Gasteiger partial charge >= 0.3 is 5.97 Å². The van der Waals surface area contributed by atoms with Crippen molar-refractivity contribution in [3.63, 3.8) is 0 Å². The Morgan fingerprint density at radius 1 is 1.28 bits per heavy atom. The van der Waals surface area contributed by atoms with Gasteiger partial charge in [-0.1, -0.05) is 31.6 Å². The van der Waals surface area contributed by atoms with Gasteiger partial charge in [0.25, 0.3) is 0 Å². The fourth-order valence-corrected chi connectivity index (χ4v) is 2.84. The van der Waals surface area contributed by atoms with Gasteiger partial charge in [-0.25, -0.2) is 0 Å². The molecule has 0 spiro atoms. The molecule has 0 saturated heterocycles. The number of rotatable bonds is 6. The molecule has 0 aliphatic heterocycles. The summed E-state index contributed by atoms with van der Waals surface area (Å²) < 4.78 is 10.3. The lowest BCUT2D eigenvalue weighted by Crippen LogP contribution is -2.03. The van der Waals surface area contributed by atoms with Gasteiger partial charge in [0, 0.05) is 15.7 Å². The normalized spacial score (nSPS) is 10.5. The molecule has 18 heavy (non-hydrogen) atoms. The van der Waals surface area contributed by atoms with E-state index in [9.17, 15) is 4.79 Å². The molecule has 0 radical (unpaired) electrons. The average Bonchev–Trinajstić information content (AvgIpc) is 2.29. The number of hydrogen-bond acceptors (Lipinski definition) is 3. The third-order valence-electron chi connectivity index (χ3n) is 2.73. The van der Waals surface area contributed by atoms with Crippen molar-refractivity contribution in [1.29, 1.82) is 0 Å². The lowest BCUT2D eigenvalue weighted by Gasteiger charge is -2.10. The first-order valence-corrected chi connectivity index (χ1v) is 9.51. The smallest absolute Gasteiger partial charge is 0.308 e. The molecule has 0 heterocycles. The fraction of sp³-hybridized carbons (Fsp3) is 0.500. The van der Waals surface area contributed by atoms with E-state index in [0.29, 0.717) is 11.5 Å². The number of ether oxygens (including phenoxy) is 2. The van der Waals surface area contributed by atoms with E-state index >= 15 is 0 Å². The minimum absolute atomic E-state index is 0.327. The van der Waals surface area contributed by atoms with Gasteiger partial charge in [-0.15, -0.1) is 0 Å². The molecule has 0 N–H and O–H groups in total. The highest BCUT2D eigenvalue weighted by Crippen LogP contribution is 2.28. The predicted octanol–water partition coefficient (Wildman–Crippen LogP) is 3.04. The summed E-state index contributed by atoms with van der Waals surface area (Å²) in [4.78, 5) is 10.9. The molecule has 0 aliphatic carbocycles. The van der Waals surface area contributed by atoms with Gasteiger partial charge in [-0.2, -0.15) is 0 Å². The third-order valence-corrected chi connectivity index (χ3v) is 4.29. The molecule has 0 saturated carbocycles. The van der Waals surface area contributed by atoms with E-state index in [1.54, 1.807) is 7.11 Å². The van der Waals surface area contributed by atoms with Crippen LogP contribution in [-0.4, -0.2) is 21.9 Å². The maximum absolute atomic E-state index is 10.9. The molecule has 1 aromatic rings. The Labute approximate surface area is 111 Å². The summed E-state index contributed by atoms with van der Waals surface area (Å²) in [6.45, 7) is 6.12. The molecule has 1 rings (SSSR count). The zero-order valence-electron chi connectivity index (χ0n) is 11.7. The zero-order valence-corrected chi connectivity index (χ0v) is 12.8. The molecule has 1 aromatic carbocycles. The maximum Gasteiger partial charge on any atom is 0.308 e. The molecule has 0 aliphatic rings. The number of aryl methyl sites for hydroxylation is 1. The zero-order chi connectivity index (χ0) is 13.5. The molecule has 4 heteroatoms. The van der Waals surface area contributed by atoms with Crippen molar-refractivity contribution in [2.24, 2.45) is 0 Å². The molecule has 0 atom stereocenters. The quantitative estimate of drug-likeness (QED) is 0.451. The van der Waals surface area contributed by atoms with Crippen LogP contribution >= 0.6 is 0 Å². The molecular formula is C14H22O3Si. The number of benzene rings is 1. The predicted molar refractivity (Wildman–Crippen MR) is 76.3 cm³/mol. The highest BCUT2D eigenvalue weighted by Gasteiger charge is 2.08. The Bertz CT molecular complexity index is 402. The second-order valence-electron chi connectivity index (χ2n) is 4.86. The van der Waals surface area contributed by atoms with Crippen molar-refractivity contribution in [3.8, 4) is 11.5 Å². The number of methoxy groups -OCH3 is 1. The van der Waals surface area contributed by atoms with Crippen molar-refractivity contribution in [1.82, 2.24) is 0 Å². The van der Waals surface area contributed by atoms with E-state index < -0.39 is 8.80 Å². The van der Waals surface area contributed by atoms with Crippen molar-refractivity contribution in [2.45, 2.75) is 38.9 Å². The summed E-state index contributed by atoms with van der Waals surface area (Å²) in [7, 11) is 1.13. The van der Waals surface area contributed by atoms with Crippen LogP contribution < -0.4 is 9.47 Å². The fourth-order valence-electron chi connectivity index (χ4n) is 1.82. The number of esters is 1. The highest BCUT2D eigenvalue weighted by atomic mass is 28.3. The van der Waals surface area contributed by atoms with Crippen LogP contribution in [0.3, 0.4) is 0 Å². The first-order valence-electron chi connectivity index (χ1n) is 6.38. The van der Waals surface area contributed by atoms with E-state index in [0.717, 1.165) is 6.42 Å². The SMILES string of the molecule is COc1cc(CCC[SiH](C)C)ccc1OC(C)=O. The van der Waals surface area contributed by atoms with Gasteiger partial charge in [-0.3, -0.25) is 4.79 Å². The van der Waals surface area contributed by atoms with Gasteiger partial charge in [0.1, 0.15) is 0 Å². The van der Waals surface area contributed by atoms with E-state index in [-0.39, 0.29) is 5.97 Å². The minimum Gasteiger partial charge on any atom is -0.493 e. The van der Waals surface area contributed by atoms with E-state index in [4.69, 9.17) is 9.47 Å². The summed E-state index contributed by atoms with van der Waals surface area (Å²) in [5, 5.41) is 0. The molecule has 0 aromatic heterocycles. The minimum atomic E-state index is -0.461. The van der Waals surface area contributed by atoms with Crippen LogP contribution in [0.25, 0.3) is 0 Å². The standard InChI is InChI=1S/C14H22O3Si/c1-11(15)17-13-8-7-12(10-14(13)16-2)6-5-9-18(3)4/h7-8,10,18H,5-6,9H2,1-4H3. The Hall–Kier alpha value is -1.29. The lowest BCUT2D eigenvalue weighted by molar-refractivity contribution is -0.132. The van der Waals surface area contributed by atoms with Crippen LogP contribution in [0.15, 0.2) is 18.2 Å². The lowest BCUT2D eigenvalue weighted by atomic mass is 10.1. The van der Waals surface area contributed by atoms with Crippen molar-refractivity contribution in [3.05, 3.63) is 23.8 Å². The molecular weight excluding hydrogens is 244 g/mol. The second kappa shape index (κ2) is 7.21. The average molecular weight is 266 g/mol. The van der Waals surface area contributed by atoms with Gasteiger partial charge < -0.3 is 9.47 Å². The number of carbonyl (C=O) groups excluding carboxylic acids is 1. The summed E-state index contributed by atoms with van der Waals surface area (Å²) in [6, 6.07) is 7.12. The van der Waals surface area contributed by atoms with Crippen LogP contribution in [0.5, 0.6) is 11.5 Å². The van der Waals surface area contributed by atoms with Crippen LogP contribution in [0.4, 0.5) is 0 Å². The van der Waals surface area contributed by atoms with Gasteiger partial charge in [0.2, 0.25) is 0 Å². The summed E-state index contributed by atoms with van der Waals surface area (Å²) in [6.07, 6.45) is 2.28. The molecule has 100 valence electrons. The van der Waals surface area contributed by atoms with E-state index in [1.165, 1.54) is 25.0 Å². The molecule has 3 nitrogen and oxygen atoms in total. The Balaban J connectivity index is 2.69. The largest absolute Gasteiger partial charge is 0.493 e. The number of hydrogen-bond donors (Lipinski definition) is 0. The first kappa shape index (κ1) is 14.8. The second-order valence-corrected chi connectivity index (χ2v) is 8.23.